The van der Waals surface area contributed by atoms with E-state index in [0.717, 1.165) is 60.9 Å². The number of amides is 3. The molecule has 0 atom stereocenters. The lowest BCUT2D eigenvalue weighted by atomic mass is 9.99. The molecule has 0 unspecified atom stereocenters. The van der Waals surface area contributed by atoms with Crippen LogP contribution >= 0.6 is 0 Å². The molecule has 0 heterocycles. The van der Waals surface area contributed by atoms with Crippen LogP contribution < -0.4 is 15.4 Å². The number of nitrogens with one attached hydrogen (secondary N) is 3. The second kappa shape index (κ2) is 9.89. The third kappa shape index (κ3) is 6.14. The molecule has 0 saturated carbocycles. The molecule has 0 radical (unpaired) electrons. The fourth-order valence-electron chi connectivity index (χ4n) is 4.75. The summed E-state index contributed by atoms with van der Waals surface area (Å²) in [6.07, 6.45) is 5.90. The van der Waals surface area contributed by atoms with E-state index in [-0.39, 0.29) is 4.90 Å². The molecule has 4 rings (SSSR count). The fraction of sp³-hybridized carbons (Fsp3) is 0.462. The van der Waals surface area contributed by atoms with Crippen LogP contribution in [0.2, 0.25) is 0 Å². The van der Waals surface area contributed by atoms with Crippen LogP contribution in [0, 0.1) is 0 Å². The molecule has 188 valence electrons. The molecule has 0 aliphatic heterocycles. The molecule has 3 N–H and O–H groups in total. The average Bonchev–Trinajstić information content (AvgIpc) is 3.41. The van der Waals surface area contributed by atoms with E-state index in [9.17, 15) is 18.0 Å². The first-order valence-electron chi connectivity index (χ1n) is 12.1. The van der Waals surface area contributed by atoms with Crippen LogP contribution in [-0.2, 0) is 46.9 Å². The molecule has 0 fully saturated rings. The van der Waals surface area contributed by atoms with Crippen LogP contribution in [0.1, 0.15) is 61.4 Å². The summed E-state index contributed by atoms with van der Waals surface area (Å²) < 4.78 is 32.9. The topological polar surface area (TPSA) is 114 Å². The number of hydrogen-bond acceptors (Lipinski definition) is 5. The van der Waals surface area contributed by atoms with Gasteiger partial charge in [-0.25, -0.2) is 22.7 Å². The Bertz CT molecular complexity index is 1200. The molecule has 35 heavy (non-hydrogen) atoms. The summed E-state index contributed by atoms with van der Waals surface area (Å²) in [5, 5.41) is 5.53. The Hall–Kier alpha value is -3.07. The van der Waals surface area contributed by atoms with Crippen LogP contribution in [0.4, 0.5) is 15.3 Å². The summed E-state index contributed by atoms with van der Waals surface area (Å²) in [5.41, 5.74) is 5.89. The predicted molar refractivity (Wildman–Crippen MR) is 134 cm³/mol. The summed E-state index contributed by atoms with van der Waals surface area (Å²) in [6.45, 7) is 5.73. The third-order valence-electron chi connectivity index (χ3n) is 6.25. The van der Waals surface area contributed by atoms with Crippen LogP contribution in [0.3, 0.4) is 0 Å². The summed E-state index contributed by atoms with van der Waals surface area (Å²) in [7, 11) is -4.03. The predicted octanol–water partition coefficient (Wildman–Crippen LogP) is 4.24. The number of alkyl carbamates (subject to hydrolysis) is 1. The van der Waals surface area contributed by atoms with Crippen molar-refractivity contribution < 1.29 is 22.7 Å². The molecule has 2 aliphatic carbocycles. The van der Waals surface area contributed by atoms with E-state index in [2.05, 4.69) is 21.4 Å². The lowest BCUT2D eigenvalue weighted by Crippen LogP contribution is -2.35. The van der Waals surface area contributed by atoms with E-state index in [0.29, 0.717) is 13.0 Å². The van der Waals surface area contributed by atoms with Crippen molar-refractivity contribution in [2.75, 3.05) is 11.9 Å². The van der Waals surface area contributed by atoms with E-state index < -0.39 is 27.7 Å². The first-order valence-corrected chi connectivity index (χ1v) is 13.6. The summed E-state index contributed by atoms with van der Waals surface area (Å²) in [5.74, 6) is 0. The monoisotopic (exact) mass is 499 g/mol. The summed E-state index contributed by atoms with van der Waals surface area (Å²) in [4.78, 5) is 24.5. The van der Waals surface area contributed by atoms with E-state index in [4.69, 9.17) is 4.74 Å². The normalized spacial score (nSPS) is 14.7. The zero-order chi connectivity index (χ0) is 25.2. The minimum Gasteiger partial charge on any atom is -0.444 e. The SMILES string of the molecule is CC(C)(C)OC(=O)NCCc1ccc(S(=O)(=O)NC(=O)Nc2c3c(cc4c2CCC4)CCC3)cc1. The van der Waals surface area contributed by atoms with Gasteiger partial charge in [0.15, 0.2) is 0 Å². The molecule has 2 aromatic rings. The highest BCUT2D eigenvalue weighted by Crippen LogP contribution is 2.38. The van der Waals surface area contributed by atoms with Gasteiger partial charge < -0.3 is 15.4 Å². The lowest BCUT2D eigenvalue weighted by molar-refractivity contribution is 0.0528. The van der Waals surface area contributed by atoms with Gasteiger partial charge >= 0.3 is 12.1 Å². The van der Waals surface area contributed by atoms with Gasteiger partial charge in [0.05, 0.1) is 4.90 Å². The van der Waals surface area contributed by atoms with E-state index in [1.54, 1.807) is 32.9 Å². The number of sulfonamides is 1. The van der Waals surface area contributed by atoms with Gasteiger partial charge in [-0.2, -0.15) is 0 Å². The van der Waals surface area contributed by atoms with Crippen molar-refractivity contribution in [3.05, 3.63) is 58.1 Å². The molecular weight excluding hydrogens is 466 g/mol. The van der Waals surface area contributed by atoms with Crippen LogP contribution in [-0.4, -0.2) is 32.7 Å². The van der Waals surface area contributed by atoms with Gasteiger partial charge in [-0.3, -0.25) is 0 Å². The fourth-order valence-corrected chi connectivity index (χ4v) is 5.65. The standard InChI is InChI=1S/C26H33N3O5S/c1-26(2,3)34-25(31)27-15-14-17-10-12-20(13-11-17)35(32,33)29-24(30)28-23-21-8-4-6-18(21)16-19-7-5-9-22(19)23/h10-13,16H,4-9,14-15H2,1-3H3,(H,27,31)(H2,28,29,30). The smallest absolute Gasteiger partial charge is 0.407 e. The van der Waals surface area contributed by atoms with E-state index >= 15 is 0 Å². The van der Waals surface area contributed by atoms with Gasteiger partial charge in [0.25, 0.3) is 10.0 Å². The summed E-state index contributed by atoms with van der Waals surface area (Å²) in [6, 6.07) is 7.76. The lowest BCUT2D eigenvalue weighted by Gasteiger charge is -2.19. The molecule has 3 amide bonds. The highest BCUT2D eigenvalue weighted by Gasteiger charge is 2.26. The quantitative estimate of drug-likeness (QED) is 0.550. The van der Waals surface area contributed by atoms with Crippen molar-refractivity contribution in [3.8, 4) is 0 Å². The second-order valence-corrected chi connectivity index (χ2v) is 11.8. The molecule has 0 aromatic heterocycles. The number of rotatable bonds is 6. The molecule has 0 saturated heterocycles. The Morgan fingerprint density at radius 2 is 1.54 bits per heavy atom. The van der Waals surface area contributed by atoms with Crippen molar-refractivity contribution >= 4 is 27.8 Å². The minimum absolute atomic E-state index is 0.0000194. The first kappa shape index (κ1) is 25.0. The van der Waals surface area contributed by atoms with Crippen molar-refractivity contribution in [1.82, 2.24) is 10.0 Å². The number of hydrogen-bond donors (Lipinski definition) is 3. The third-order valence-corrected chi connectivity index (χ3v) is 7.60. The Kier molecular flexibility index (Phi) is 7.07. The maximum absolute atomic E-state index is 12.8. The highest BCUT2D eigenvalue weighted by molar-refractivity contribution is 7.90. The summed E-state index contributed by atoms with van der Waals surface area (Å²) >= 11 is 0. The maximum Gasteiger partial charge on any atom is 0.407 e. The Morgan fingerprint density at radius 3 is 2.11 bits per heavy atom. The van der Waals surface area contributed by atoms with Gasteiger partial charge in [0.1, 0.15) is 5.60 Å². The number of carbonyl (C=O) groups is 2. The van der Waals surface area contributed by atoms with E-state index in [1.165, 1.54) is 23.3 Å². The highest BCUT2D eigenvalue weighted by atomic mass is 32.2. The van der Waals surface area contributed by atoms with Crippen molar-refractivity contribution in [2.45, 2.75) is 76.2 Å². The number of aryl methyl sites for hydroxylation is 2. The first-order chi connectivity index (χ1) is 16.5. The molecule has 0 spiro atoms. The van der Waals surface area contributed by atoms with Gasteiger partial charge in [-0.1, -0.05) is 18.2 Å². The minimum atomic E-state index is -4.03. The van der Waals surface area contributed by atoms with Crippen molar-refractivity contribution in [3.63, 3.8) is 0 Å². The zero-order valence-corrected chi connectivity index (χ0v) is 21.3. The Morgan fingerprint density at radius 1 is 0.943 bits per heavy atom. The number of benzene rings is 2. The van der Waals surface area contributed by atoms with Gasteiger partial charge in [-0.05, 0) is 106 Å². The Balaban J connectivity index is 1.36. The molecule has 8 nitrogen and oxygen atoms in total. The van der Waals surface area contributed by atoms with E-state index in [1.807, 2.05) is 0 Å². The molecule has 9 heteroatoms. The van der Waals surface area contributed by atoms with Crippen molar-refractivity contribution in [2.24, 2.45) is 0 Å². The zero-order valence-electron chi connectivity index (χ0n) is 20.5. The molecule has 0 bridgehead atoms. The van der Waals surface area contributed by atoms with Gasteiger partial charge in [0, 0.05) is 12.2 Å². The molecule has 2 aliphatic rings. The van der Waals surface area contributed by atoms with Gasteiger partial charge in [-0.15, -0.1) is 0 Å². The largest absolute Gasteiger partial charge is 0.444 e. The number of carbonyl (C=O) groups excluding carboxylic acids is 2. The van der Waals surface area contributed by atoms with Gasteiger partial charge in [0.2, 0.25) is 0 Å². The maximum atomic E-state index is 12.8. The number of anilines is 1. The average molecular weight is 500 g/mol. The van der Waals surface area contributed by atoms with Crippen LogP contribution in [0.5, 0.6) is 0 Å². The number of ether oxygens (including phenoxy) is 1. The van der Waals surface area contributed by atoms with Crippen LogP contribution in [0.15, 0.2) is 35.2 Å². The Labute approximate surface area is 206 Å². The molecule has 2 aromatic carbocycles. The second-order valence-electron chi connectivity index (χ2n) is 10.1. The number of urea groups is 1. The van der Waals surface area contributed by atoms with Crippen molar-refractivity contribution in [1.29, 1.82) is 0 Å². The van der Waals surface area contributed by atoms with Crippen LogP contribution in [0.25, 0.3) is 0 Å². The molecular formula is C26H33N3O5S. The number of fused-ring (bicyclic) bond motifs is 2.